The molecule has 2 aromatic rings. The zero-order valence-corrected chi connectivity index (χ0v) is 16.6. The lowest BCUT2D eigenvalue weighted by Crippen LogP contribution is -2.28. The molecular formula is C17H20N4O3S2. The number of nitrogens with zero attached hydrogens (tertiary/aromatic N) is 2. The van der Waals surface area contributed by atoms with Gasteiger partial charge in [0.15, 0.2) is 5.11 Å². The molecule has 0 radical (unpaired) electrons. The van der Waals surface area contributed by atoms with Gasteiger partial charge in [-0.25, -0.2) is 4.79 Å². The molecule has 0 unspecified atom stereocenters. The van der Waals surface area contributed by atoms with Crippen LogP contribution in [0.15, 0.2) is 24.4 Å². The Morgan fingerprint density at radius 2 is 2.08 bits per heavy atom. The number of aromatic nitrogens is 1. The Morgan fingerprint density at radius 3 is 2.65 bits per heavy atom. The van der Waals surface area contributed by atoms with Crippen LogP contribution in [0.25, 0.3) is 0 Å². The van der Waals surface area contributed by atoms with Crippen LogP contribution in [0.4, 0.5) is 5.00 Å². The second-order valence-electron chi connectivity index (χ2n) is 5.58. The predicted molar refractivity (Wildman–Crippen MR) is 106 cm³/mol. The van der Waals surface area contributed by atoms with Gasteiger partial charge in [-0.2, -0.15) is 0 Å². The monoisotopic (exact) mass is 392 g/mol. The van der Waals surface area contributed by atoms with Gasteiger partial charge in [0.25, 0.3) is 5.91 Å². The molecule has 0 fully saturated rings. The molecule has 0 atom stereocenters. The number of thiophene rings is 1. The van der Waals surface area contributed by atoms with Gasteiger partial charge in [-0.1, -0.05) is 6.07 Å². The summed E-state index contributed by atoms with van der Waals surface area (Å²) in [6.45, 7) is 2.16. The lowest BCUT2D eigenvalue weighted by atomic mass is 10.1. The number of anilines is 1. The van der Waals surface area contributed by atoms with Crippen molar-refractivity contribution in [1.82, 2.24) is 15.2 Å². The lowest BCUT2D eigenvalue weighted by molar-refractivity contribution is 0.0601. The summed E-state index contributed by atoms with van der Waals surface area (Å²) in [7, 11) is 4.62. The number of carbonyl (C=O) groups is 2. The van der Waals surface area contributed by atoms with Crippen LogP contribution in [0.1, 0.15) is 31.3 Å². The van der Waals surface area contributed by atoms with Crippen LogP contribution in [0.5, 0.6) is 0 Å². The Labute approximate surface area is 161 Å². The van der Waals surface area contributed by atoms with E-state index < -0.39 is 5.97 Å². The van der Waals surface area contributed by atoms with E-state index in [2.05, 4.69) is 15.6 Å². The third-order valence-electron chi connectivity index (χ3n) is 3.52. The number of pyridine rings is 1. The number of hydrogen-bond donors (Lipinski definition) is 2. The third kappa shape index (κ3) is 4.55. The Bertz CT molecular complexity index is 819. The number of ether oxygens (including phenoxy) is 1. The van der Waals surface area contributed by atoms with Crippen LogP contribution < -0.4 is 10.6 Å². The van der Waals surface area contributed by atoms with Crippen LogP contribution in [0, 0.1) is 6.92 Å². The smallest absolute Gasteiger partial charge is 0.341 e. The van der Waals surface area contributed by atoms with Gasteiger partial charge in [-0.3, -0.25) is 9.78 Å². The summed E-state index contributed by atoms with van der Waals surface area (Å²) in [5, 5.41) is 6.82. The summed E-state index contributed by atoms with van der Waals surface area (Å²) in [4.78, 5) is 30.6. The minimum atomic E-state index is -0.522. The quantitative estimate of drug-likeness (QED) is 0.597. The average molecular weight is 393 g/mol. The molecule has 0 spiro atoms. The van der Waals surface area contributed by atoms with E-state index >= 15 is 0 Å². The first-order chi connectivity index (χ1) is 12.3. The Kier molecular flexibility index (Phi) is 6.64. The zero-order valence-electron chi connectivity index (χ0n) is 15.0. The third-order valence-corrected chi connectivity index (χ3v) is 4.96. The van der Waals surface area contributed by atoms with Crippen molar-refractivity contribution in [2.75, 3.05) is 26.5 Å². The highest BCUT2D eigenvalue weighted by Gasteiger charge is 2.26. The van der Waals surface area contributed by atoms with E-state index in [0.29, 0.717) is 32.7 Å². The Balaban J connectivity index is 2.21. The van der Waals surface area contributed by atoms with Gasteiger partial charge in [0.05, 0.1) is 29.8 Å². The van der Waals surface area contributed by atoms with Crippen molar-refractivity contribution < 1.29 is 14.3 Å². The van der Waals surface area contributed by atoms with Crippen molar-refractivity contribution in [2.45, 2.75) is 13.5 Å². The molecule has 0 bridgehead atoms. The van der Waals surface area contributed by atoms with Crippen LogP contribution in [-0.2, 0) is 11.3 Å². The fourth-order valence-corrected chi connectivity index (χ4v) is 3.64. The number of amides is 1. The van der Waals surface area contributed by atoms with E-state index in [0.717, 1.165) is 5.69 Å². The highest BCUT2D eigenvalue weighted by atomic mass is 32.1. The van der Waals surface area contributed by atoms with Gasteiger partial charge in [0, 0.05) is 20.3 Å². The van der Waals surface area contributed by atoms with Crippen LogP contribution in [0.3, 0.4) is 0 Å². The number of methoxy groups -OCH3 is 1. The molecule has 2 aromatic heterocycles. The fraction of sp³-hybridized carbons (Fsp3) is 0.294. The normalized spacial score (nSPS) is 10.2. The molecule has 0 aromatic carbocycles. The average Bonchev–Trinajstić information content (AvgIpc) is 2.95. The molecule has 1 amide bonds. The molecular weight excluding hydrogens is 372 g/mol. The van der Waals surface area contributed by atoms with E-state index in [1.807, 2.05) is 18.2 Å². The number of thiocarbonyl (C=S) groups is 1. The van der Waals surface area contributed by atoms with Crippen molar-refractivity contribution in [3.05, 3.63) is 46.1 Å². The molecule has 0 saturated heterocycles. The highest BCUT2D eigenvalue weighted by molar-refractivity contribution is 7.80. The van der Waals surface area contributed by atoms with Gasteiger partial charge in [0.1, 0.15) is 5.00 Å². The van der Waals surface area contributed by atoms with Gasteiger partial charge in [0.2, 0.25) is 0 Å². The lowest BCUT2D eigenvalue weighted by Gasteiger charge is -2.10. The summed E-state index contributed by atoms with van der Waals surface area (Å²) in [6.07, 6.45) is 1.70. The summed E-state index contributed by atoms with van der Waals surface area (Å²) in [5.41, 5.74) is 1.70. The first kappa shape index (κ1) is 19.8. The largest absolute Gasteiger partial charge is 0.465 e. The maximum absolute atomic E-state index is 12.3. The molecule has 7 nitrogen and oxygen atoms in total. The summed E-state index contributed by atoms with van der Waals surface area (Å²) in [6, 6.07) is 5.59. The minimum Gasteiger partial charge on any atom is -0.465 e. The van der Waals surface area contributed by atoms with Gasteiger partial charge >= 0.3 is 5.97 Å². The van der Waals surface area contributed by atoms with E-state index in [-0.39, 0.29) is 5.91 Å². The molecule has 0 aliphatic heterocycles. The number of hydrogen-bond acceptors (Lipinski definition) is 6. The van der Waals surface area contributed by atoms with Crippen LogP contribution >= 0.6 is 23.6 Å². The van der Waals surface area contributed by atoms with Gasteiger partial charge in [-0.05, 0) is 36.8 Å². The zero-order chi connectivity index (χ0) is 19.3. The molecule has 138 valence electrons. The summed E-state index contributed by atoms with van der Waals surface area (Å²) < 4.78 is 4.85. The standard InChI is InChI=1S/C17H20N4O3S2/c1-10-12(16(23)24-4)14(26-13(10)15(22)21(2)3)20-17(25)19-9-11-7-5-6-8-18-11/h5-8H,9H2,1-4H3,(H2,19,20,25). The second kappa shape index (κ2) is 8.72. The van der Waals surface area contributed by atoms with E-state index in [1.54, 1.807) is 27.2 Å². The number of nitrogens with one attached hydrogen (secondary N) is 2. The fourth-order valence-electron chi connectivity index (χ4n) is 2.18. The van der Waals surface area contributed by atoms with E-state index in [9.17, 15) is 9.59 Å². The van der Waals surface area contributed by atoms with Gasteiger partial charge < -0.3 is 20.3 Å². The number of rotatable bonds is 5. The van der Waals surface area contributed by atoms with Crippen molar-refractivity contribution in [3.8, 4) is 0 Å². The molecule has 26 heavy (non-hydrogen) atoms. The maximum Gasteiger partial charge on any atom is 0.341 e. The van der Waals surface area contributed by atoms with E-state index in [1.165, 1.54) is 23.3 Å². The first-order valence-corrected chi connectivity index (χ1v) is 8.95. The van der Waals surface area contributed by atoms with Crippen LogP contribution in [-0.4, -0.2) is 48.1 Å². The molecule has 0 saturated carbocycles. The molecule has 2 rings (SSSR count). The van der Waals surface area contributed by atoms with Crippen molar-refractivity contribution >= 4 is 45.5 Å². The topological polar surface area (TPSA) is 83.6 Å². The summed E-state index contributed by atoms with van der Waals surface area (Å²) >= 11 is 6.47. The van der Waals surface area contributed by atoms with Crippen molar-refractivity contribution in [1.29, 1.82) is 0 Å². The molecule has 2 heterocycles. The highest BCUT2D eigenvalue weighted by Crippen LogP contribution is 2.34. The van der Waals surface area contributed by atoms with Crippen molar-refractivity contribution in [2.24, 2.45) is 0 Å². The molecule has 0 aliphatic carbocycles. The second-order valence-corrected chi connectivity index (χ2v) is 7.01. The first-order valence-electron chi connectivity index (χ1n) is 7.73. The molecule has 0 aliphatic rings. The van der Waals surface area contributed by atoms with Gasteiger partial charge in [-0.15, -0.1) is 11.3 Å². The molecule has 2 N–H and O–H groups in total. The van der Waals surface area contributed by atoms with Crippen LogP contribution in [0.2, 0.25) is 0 Å². The number of esters is 1. The van der Waals surface area contributed by atoms with E-state index in [4.69, 9.17) is 17.0 Å². The maximum atomic E-state index is 12.3. The Hall–Kier alpha value is -2.52. The SMILES string of the molecule is COC(=O)c1c(NC(=S)NCc2ccccn2)sc(C(=O)N(C)C)c1C. The summed E-state index contributed by atoms with van der Waals surface area (Å²) in [5.74, 6) is -0.704. The molecule has 9 heteroatoms. The Morgan fingerprint density at radius 1 is 1.35 bits per heavy atom. The van der Waals surface area contributed by atoms with Crippen molar-refractivity contribution in [3.63, 3.8) is 0 Å². The predicted octanol–water partition coefficient (Wildman–Crippen LogP) is 2.43. The number of carbonyl (C=O) groups excluding carboxylic acids is 2. The minimum absolute atomic E-state index is 0.182.